The van der Waals surface area contributed by atoms with Gasteiger partial charge in [-0.2, -0.15) is 0 Å². The van der Waals surface area contributed by atoms with E-state index < -0.39 is 0 Å². The maximum atomic E-state index is 10.1. The second kappa shape index (κ2) is 14.7. The Labute approximate surface area is 192 Å². The Morgan fingerprint density at radius 3 is 1.82 bits per heavy atom. The maximum absolute atomic E-state index is 10.1. The van der Waals surface area contributed by atoms with Gasteiger partial charge < -0.3 is 28.8 Å². The van der Waals surface area contributed by atoms with Gasteiger partial charge in [0.05, 0.1) is 34.6 Å². The van der Waals surface area contributed by atoms with Crippen LogP contribution in [0.2, 0.25) is 0 Å². The number of para-hydroxylation sites is 2. The van der Waals surface area contributed by atoms with Crippen LogP contribution in [0.15, 0.2) is 36.4 Å². The van der Waals surface area contributed by atoms with Crippen LogP contribution < -0.4 is 18.9 Å². The zero-order valence-corrected chi connectivity index (χ0v) is 20.1. The molecule has 2 rings (SSSR count). The fraction of sp³-hybridized carbons (Fsp3) is 0.350. The largest absolute Gasteiger partial charge is 0.493 e. The number of ether oxygens (including phenoxy) is 4. The fourth-order valence-electron chi connectivity index (χ4n) is 2.03. The summed E-state index contributed by atoms with van der Waals surface area (Å²) in [6.07, 6.45) is 1.87. The van der Waals surface area contributed by atoms with Crippen molar-refractivity contribution in [1.82, 2.24) is 0 Å². The minimum Gasteiger partial charge on any atom is -0.493 e. The Balaban J connectivity index is 0.000000280. The normalized spacial score (nSPS) is 9.75. The first-order valence-corrected chi connectivity index (χ1v) is 10.7. The molecule has 0 aliphatic heterocycles. The summed E-state index contributed by atoms with van der Waals surface area (Å²) in [5.41, 5.74) is 0. The summed E-state index contributed by atoms with van der Waals surface area (Å²) in [7, 11) is 3.21. The number of aliphatic hydroxyl groups is 1. The van der Waals surface area contributed by atoms with E-state index in [4.69, 9.17) is 24.1 Å². The lowest BCUT2D eigenvalue weighted by Gasteiger charge is -2.11. The molecule has 1 N–H and O–H groups in total. The summed E-state index contributed by atoms with van der Waals surface area (Å²) in [5, 5.41) is 8.63. The molecule has 0 saturated heterocycles. The molecule has 0 aliphatic rings. The van der Waals surface area contributed by atoms with Crippen LogP contribution in [0.4, 0.5) is 0 Å². The topological polar surface area (TPSA) is 74.2 Å². The summed E-state index contributed by atoms with van der Waals surface area (Å²) < 4.78 is 23.2. The Kier molecular flexibility index (Phi) is 13.0. The van der Waals surface area contributed by atoms with Crippen molar-refractivity contribution in [2.75, 3.05) is 34.0 Å². The van der Waals surface area contributed by atoms with Crippen molar-refractivity contribution in [1.29, 1.82) is 0 Å². The first kappa shape index (κ1) is 24.8. The van der Waals surface area contributed by atoms with Crippen LogP contribution in [-0.4, -0.2) is 45.4 Å². The molecule has 0 atom stereocenters. The van der Waals surface area contributed by atoms with Gasteiger partial charge in [0, 0.05) is 19.4 Å². The van der Waals surface area contributed by atoms with Crippen LogP contribution in [0, 0.1) is 7.14 Å². The van der Waals surface area contributed by atoms with Crippen LogP contribution in [0.25, 0.3) is 0 Å². The van der Waals surface area contributed by atoms with Crippen molar-refractivity contribution in [2.45, 2.75) is 12.8 Å². The maximum Gasteiger partial charge on any atom is 0.174 e. The zero-order chi connectivity index (χ0) is 20.8. The minimum atomic E-state index is 0.145. The van der Waals surface area contributed by atoms with Gasteiger partial charge >= 0.3 is 0 Å². The first-order valence-electron chi connectivity index (χ1n) is 8.54. The molecular weight excluding hydrogens is 590 g/mol. The van der Waals surface area contributed by atoms with Crippen molar-refractivity contribution in [3.63, 3.8) is 0 Å². The second-order valence-corrected chi connectivity index (χ2v) is 7.60. The summed E-state index contributed by atoms with van der Waals surface area (Å²) in [5.74, 6) is 2.89. The number of aldehydes is 1. The molecule has 154 valence electrons. The fourth-order valence-corrected chi connectivity index (χ4v) is 3.29. The lowest BCUT2D eigenvalue weighted by molar-refractivity contribution is -0.108. The highest BCUT2D eigenvalue weighted by Gasteiger charge is 2.08. The Morgan fingerprint density at radius 1 is 0.893 bits per heavy atom. The molecule has 0 saturated carbocycles. The summed E-state index contributed by atoms with van der Waals surface area (Å²) in [4.78, 5) is 10.1. The Hall–Kier alpha value is -1.27. The summed E-state index contributed by atoms with van der Waals surface area (Å²) >= 11 is 4.36. The summed E-state index contributed by atoms with van der Waals surface area (Å²) in [6, 6.07) is 11.4. The quantitative estimate of drug-likeness (QED) is 0.244. The smallest absolute Gasteiger partial charge is 0.174 e. The number of halogens is 2. The van der Waals surface area contributed by atoms with Gasteiger partial charge in [-0.15, -0.1) is 0 Å². The van der Waals surface area contributed by atoms with Gasteiger partial charge in [0.1, 0.15) is 6.29 Å². The van der Waals surface area contributed by atoms with Gasteiger partial charge in [0.15, 0.2) is 23.0 Å². The molecule has 0 bridgehead atoms. The number of rotatable bonds is 10. The van der Waals surface area contributed by atoms with E-state index in [9.17, 15) is 4.79 Å². The number of aliphatic hydroxyl groups excluding tert-OH is 1. The van der Waals surface area contributed by atoms with Crippen molar-refractivity contribution in [2.24, 2.45) is 0 Å². The third-order valence-electron chi connectivity index (χ3n) is 3.33. The summed E-state index contributed by atoms with van der Waals surface area (Å²) in [6.45, 7) is 1.04. The van der Waals surface area contributed by atoms with E-state index in [0.717, 1.165) is 24.9 Å². The number of hydrogen-bond donors (Lipinski definition) is 1. The highest BCUT2D eigenvalue weighted by molar-refractivity contribution is 14.1. The number of carbonyl (C=O) groups is 1. The number of hydrogen-bond acceptors (Lipinski definition) is 6. The van der Waals surface area contributed by atoms with Crippen LogP contribution >= 0.6 is 45.2 Å². The van der Waals surface area contributed by atoms with E-state index in [1.807, 2.05) is 36.4 Å². The van der Waals surface area contributed by atoms with E-state index in [1.165, 1.54) is 0 Å². The molecule has 2 aromatic rings. The molecule has 2 aromatic carbocycles. The van der Waals surface area contributed by atoms with E-state index in [-0.39, 0.29) is 6.61 Å². The Morgan fingerprint density at radius 2 is 1.39 bits per heavy atom. The Bertz CT molecular complexity index is 724. The minimum absolute atomic E-state index is 0.145. The third kappa shape index (κ3) is 8.39. The van der Waals surface area contributed by atoms with Gasteiger partial charge in [0.25, 0.3) is 0 Å². The van der Waals surface area contributed by atoms with Gasteiger partial charge in [0.2, 0.25) is 0 Å². The first-order chi connectivity index (χ1) is 13.6. The highest BCUT2D eigenvalue weighted by Crippen LogP contribution is 2.32. The van der Waals surface area contributed by atoms with E-state index >= 15 is 0 Å². The molecule has 0 aromatic heterocycles. The van der Waals surface area contributed by atoms with Crippen LogP contribution in [0.1, 0.15) is 12.8 Å². The van der Waals surface area contributed by atoms with Gasteiger partial charge in [-0.3, -0.25) is 0 Å². The average Bonchev–Trinajstić information content (AvgIpc) is 2.71. The lowest BCUT2D eigenvalue weighted by Crippen LogP contribution is -2.02. The number of methoxy groups -OCH3 is 2. The molecule has 6 nitrogen and oxygen atoms in total. The van der Waals surface area contributed by atoms with E-state index in [0.29, 0.717) is 37.6 Å². The molecule has 0 radical (unpaired) electrons. The van der Waals surface area contributed by atoms with Gasteiger partial charge in [-0.25, -0.2) is 0 Å². The van der Waals surface area contributed by atoms with Gasteiger partial charge in [-0.05, 0) is 69.4 Å². The average molecular weight is 614 g/mol. The van der Waals surface area contributed by atoms with E-state index in [1.54, 1.807) is 14.2 Å². The van der Waals surface area contributed by atoms with E-state index in [2.05, 4.69) is 45.2 Å². The van der Waals surface area contributed by atoms with Gasteiger partial charge in [-0.1, -0.05) is 12.1 Å². The number of benzene rings is 2. The van der Waals surface area contributed by atoms with Crippen molar-refractivity contribution in [3.8, 4) is 23.0 Å². The van der Waals surface area contributed by atoms with Crippen molar-refractivity contribution < 1.29 is 28.8 Å². The molecule has 0 heterocycles. The molecule has 8 heteroatoms. The van der Waals surface area contributed by atoms with Crippen molar-refractivity contribution in [3.05, 3.63) is 43.5 Å². The zero-order valence-electron chi connectivity index (χ0n) is 15.8. The molecule has 0 aliphatic carbocycles. The molecular formula is C20H24I2O6. The van der Waals surface area contributed by atoms with Crippen LogP contribution in [-0.2, 0) is 4.79 Å². The predicted octanol–water partition coefficient (Wildman–Crippen LogP) is 4.33. The third-order valence-corrected chi connectivity index (χ3v) is 5.03. The molecule has 28 heavy (non-hydrogen) atoms. The van der Waals surface area contributed by atoms with Crippen molar-refractivity contribution >= 4 is 51.5 Å². The molecule has 0 amide bonds. The van der Waals surface area contributed by atoms with Crippen LogP contribution in [0.5, 0.6) is 23.0 Å². The standard InChI is InChI=1S/C10H13IO3.C10H11IO3/c2*1-13-9-5-2-4-8(11)10(9)14-7-3-6-12/h2,4-5,12H,3,6-7H2,1H3;2,4-6H,3,7H2,1H3. The lowest BCUT2D eigenvalue weighted by atomic mass is 10.3. The SMILES string of the molecule is COc1cccc(I)c1OCCC=O.COc1cccc(I)c1OCCCO. The monoisotopic (exact) mass is 614 g/mol. The highest BCUT2D eigenvalue weighted by atomic mass is 127. The number of carbonyl (C=O) groups excluding carboxylic acids is 1. The second-order valence-electron chi connectivity index (χ2n) is 5.27. The molecule has 0 unspecified atom stereocenters. The molecule has 0 spiro atoms. The predicted molar refractivity (Wildman–Crippen MR) is 125 cm³/mol. The molecule has 0 fully saturated rings. The van der Waals surface area contributed by atoms with Crippen LogP contribution in [0.3, 0.4) is 0 Å².